The lowest BCUT2D eigenvalue weighted by Gasteiger charge is -2.18. The van der Waals surface area contributed by atoms with Crippen LogP contribution in [0.5, 0.6) is 11.5 Å². The molecular formula is C20H22BNO3. The molecule has 0 bridgehead atoms. The number of hydrogen-bond donors (Lipinski definition) is 1. The van der Waals surface area contributed by atoms with Crippen LogP contribution in [0, 0.1) is 6.92 Å². The smallest absolute Gasteiger partial charge is 0.223 e. The summed E-state index contributed by atoms with van der Waals surface area (Å²) in [6.07, 6.45) is 0.958. The quantitative estimate of drug-likeness (QED) is 0.826. The Morgan fingerprint density at radius 1 is 1.32 bits per heavy atom. The molecule has 1 aliphatic heterocycles. The fraction of sp³-hybridized carbons (Fsp3) is 0.350. The van der Waals surface area contributed by atoms with Crippen LogP contribution >= 0.6 is 0 Å². The second-order valence-electron chi connectivity index (χ2n) is 6.44. The van der Waals surface area contributed by atoms with Gasteiger partial charge in [-0.3, -0.25) is 4.79 Å². The molecule has 25 heavy (non-hydrogen) atoms. The Kier molecular flexibility index (Phi) is 5.32. The standard InChI is InChI=1S/C20H22BNO3/c1-13-4-3-5-17-15(12-25-20(13)17)11-18(21)22-19(23)10-14-6-8-16(24-2)9-7-14/h3-9,15,18H,10-12H2,1-2H3,(H,22,23)/t15-,18-/m0/s1. The molecule has 128 valence electrons. The monoisotopic (exact) mass is 335 g/mol. The molecule has 1 aliphatic rings. The summed E-state index contributed by atoms with van der Waals surface area (Å²) in [5.41, 5.74) is 3.24. The summed E-state index contributed by atoms with van der Waals surface area (Å²) in [6.45, 7) is 2.65. The number of hydrogen-bond acceptors (Lipinski definition) is 3. The van der Waals surface area contributed by atoms with Crippen molar-refractivity contribution >= 4 is 13.8 Å². The SMILES string of the molecule is [B][C@H](C[C@H]1COc2c(C)cccc21)NC(=O)Cc1ccc(OC)cc1. The van der Waals surface area contributed by atoms with E-state index in [0.29, 0.717) is 19.4 Å². The predicted molar refractivity (Wildman–Crippen MR) is 98.4 cm³/mol. The van der Waals surface area contributed by atoms with Crippen LogP contribution < -0.4 is 14.8 Å². The summed E-state index contributed by atoms with van der Waals surface area (Å²) >= 11 is 0. The van der Waals surface area contributed by atoms with Crippen LogP contribution in [0.3, 0.4) is 0 Å². The molecule has 0 saturated carbocycles. The third kappa shape index (κ3) is 4.16. The summed E-state index contributed by atoms with van der Waals surface area (Å²) in [4.78, 5) is 12.2. The van der Waals surface area contributed by atoms with Gasteiger partial charge in [-0.2, -0.15) is 0 Å². The van der Waals surface area contributed by atoms with E-state index < -0.39 is 5.94 Å². The normalized spacial score (nSPS) is 16.6. The first-order chi connectivity index (χ1) is 12.1. The Morgan fingerprint density at radius 2 is 2.08 bits per heavy atom. The molecule has 0 spiro atoms. The molecule has 5 heteroatoms. The molecule has 0 aliphatic carbocycles. The Morgan fingerprint density at radius 3 is 2.80 bits per heavy atom. The number of amides is 1. The molecule has 3 rings (SSSR count). The second-order valence-corrected chi connectivity index (χ2v) is 6.44. The average molecular weight is 335 g/mol. The number of nitrogens with one attached hydrogen (secondary N) is 1. The van der Waals surface area contributed by atoms with E-state index in [4.69, 9.17) is 17.3 Å². The van der Waals surface area contributed by atoms with E-state index in [0.717, 1.165) is 22.6 Å². The number of ether oxygens (including phenoxy) is 2. The van der Waals surface area contributed by atoms with Gasteiger partial charge in [0.1, 0.15) is 11.5 Å². The highest BCUT2D eigenvalue weighted by Crippen LogP contribution is 2.38. The van der Waals surface area contributed by atoms with Crippen LogP contribution in [-0.2, 0) is 11.2 Å². The molecule has 1 N–H and O–H groups in total. The maximum absolute atomic E-state index is 12.2. The minimum Gasteiger partial charge on any atom is -0.497 e. The van der Waals surface area contributed by atoms with Crippen molar-refractivity contribution in [1.29, 1.82) is 0 Å². The third-order valence-electron chi connectivity index (χ3n) is 4.52. The molecule has 1 heterocycles. The first-order valence-electron chi connectivity index (χ1n) is 8.47. The van der Waals surface area contributed by atoms with Crippen molar-refractivity contribution < 1.29 is 14.3 Å². The molecule has 4 nitrogen and oxygen atoms in total. The summed E-state index contributed by atoms with van der Waals surface area (Å²) in [6, 6.07) is 13.6. The van der Waals surface area contributed by atoms with Crippen LogP contribution in [-0.4, -0.2) is 33.4 Å². The number of carbonyl (C=O) groups excluding carboxylic acids is 1. The lowest BCUT2D eigenvalue weighted by Crippen LogP contribution is -2.37. The zero-order chi connectivity index (χ0) is 17.8. The number of benzene rings is 2. The number of para-hydroxylation sites is 1. The number of carbonyl (C=O) groups is 1. The number of rotatable bonds is 6. The number of fused-ring (bicyclic) bond motifs is 1. The van der Waals surface area contributed by atoms with Crippen molar-refractivity contribution in [2.75, 3.05) is 13.7 Å². The lowest BCUT2D eigenvalue weighted by molar-refractivity contribution is -0.120. The summed E-state index contributed by atoms with van der Waals surface area (Å²) < 4.78 is 10.9. The fourth-order valence-electron chi connectivity index (χ4n) is 3.21. The van der Waals surface area contributed by atoms with Crippen LogP contribution in [0.2, 0.25) is 0 Å². The Balaban J connectivity index is 1.53. The molecule has 2 atom stereocenters. The van der Waals surface area contributed by atoms with Crippen molar-refractivity contribution in [2.45, 2.75) is 31.6 Å². The maximum atomic E-state index is 12.2. The van der Waals surface area contributed by atoms with Gasteiger partial charge < -0.3 is 14.8 Å². The Bertz CT molecular complexity index is 745. The molecule has 1 amide bonds. The van der Waals surface area contributed by atoms with E-state index in [1.807, 2.05) is 43.3 Å². The van der Waals surface area contributed by atoms with Crippen molar-refractivity contribution in [3.63, 3.8) is 0 Å². The summed E-state index contributed by atoms with van der Waals surface area (Å²) in [7, 11) is 7.76. The molecule has 0 fully saturated rings. The van der Waals surface area contributed by atoms with E-state index in [1.165, 1.54) is 5.56 Å². The summed E-state index contributed by atoms with van der Waals surface area (Å²) in [5, 5.41) is 2.88. The number of aryl methyl sites for hydroxylation is 1. The molecule has 0 saturated heterocycles. The summed E-state index contributed by atoms with van der Waals surface area (Å²) in [5.74, 6) is 1.47. The first kappa shape index (κ1) is 17.4. The highest BCUT2D eigenvalue weighted by molar-refractivity contribution is 6.13. The van der Waals surface area contributed by atoms with Crippen LogP contribution in [0.15, 0.2) is 42.5 Å². The molecule has 2 aromatic carbocycles. The molecule has 0 aromatic heterocycles. The van der Waals surface area contributed by atoms with Crippen LogP contribution in [0.25, 0.3) is 0 Å². The highest BCUT2D eigenvalue weighted by atomic mass is 16.5. The zero-order valence-electron chi connectivity index (χ0n) is 14.6. The van der Waals surface area contributed by atoms with Crippen LogP contribution in [0.4, 0.5) is 0 Å². The van der Waals surface area contributed by atoms with Crippen molar-refractivity contribution in [3.05, 3.63) is 59.2 Å². The van der Waals surface area contributed by atoms with Crippen molar-refractivity contribution in [3.8, 4) is 11.5 Å². The Hall–Kier alpha value is -2.43. The largest absolute Gasteiger partial charge is 0.497 e. The van der Waals surface area contributed by atoms with Gasteiger partial charge in [-0.25, -0.2) is 0 Å². The zero-order valence-corrected chi connectivity index (χ0v) is 14.6. The van der Waals surface area contributed by atoms with E-state index in [2.05, 4.69) is 11.4 Å². The van der Waals surface area contributed by atoms with E-state index in [1.54, 1.807) is 7.11 Å². The minimum absolute atomic E-state index is 0.0824. The van der Waals surface area contributed by atoms with Gasteiger partial charge in [0, 0.05) is 11.5 Å². The predicted octanol–water partition coefficient (Wildman–Crippen LogP) is 2.72. The van der Waals surface area contributed by atoms with Crippen molar-refractivity contribution in [1.82, 2.24) is 5.32 Å². The molecule has 0 unspecified atom stereocenters. The molecule has 2 aromatic rings. The van der Waals surface area contributed by atoms with Gasteiger partial charge in [0.25, 0.3) is 0 Å². The van der Waals surface area contributed by atoms with E-state index in [9.17, 15) is 4.79 Å². The average Bonchev–Trinajstić information content (AvgIpc) is 2.99. The van der Waals surface area contributed by atoms with Gasteiger partial charge in [-0.05, 0) is 42.5 Å². The molecule has 2 radical (unpaired) electrons. The minimum atomic E-state index is -0.397. The van der Waals surface area contributed by atoms with Gasteiger partial charge >= 0.3 is 0 Å². The first-order valence-corrected chi connectivity index (χ1v) is 8.47. The molecular weight excluding hydrogens is 313 g/mol. The topological polar surface area (TPSA) is 47.6 Å². The lowest BCUT2D eigenvalue weighted by atomic mass is 9.84. The maximum Gasteiger partial charge on any atom is 0.223 e. The van der Waals surface area contributed by atoms with Gasteiger partial charge in [-0.1, -0.05) is 30.3 Å². The third-order valence-corrected chi connectivity index (χ3v) is 4.52. The van der Waals surface area contributed by atoms with Gasteiger partial charge in [0.05, 0.1) is 28.0 Å². The van der Waals surface area contributed by atoms with Gasteiger partial charge in [-0.15, -0.1) is 0 Å². The van der Waals surface area contributed by atoms with Crippen molar-refractivity contribution in [2.24, 2.45) is 0 Å². The second kappa shape index (κ2) is 7.64. The van der Waals surface area contributed by atoms with E-state index in [-0.39, 0.29) is 11.8 Å². The number of methoxy groups -OCH3 is 1. The van der Waals surface area contributed by atoms with Gasteiger partial charge in [0.15, 0.2) is 0 Å². The van der Waals surface area contributed by atoms with Gasteiger partial charge in [0.2, 0.25) is 5.91 Å². The fourth-order valence-corrected chi connectivity index (χ4v) is 3.21. The highest BCUT2D eigenvalue weighted by Gasteiger charge is 2.26. The van der Waals surface area contributed by atoms with E-state index >= 15 is 0 Å². The van der Waals surface area contributed by atoms with Crippen LogP contribution in [0.1, 0.15) is 29.0 Å². The Labute approximate surface area is 149 Å².